The SMILES string of the molecule is CC1(NC(=O)CSCc2ccc(Cl)cc2)CCS(=O)(=O)C1. The molecule has 116 valence electrons. The van der Waals surface area contributed by atoms with Crippen molar-refractivity contribution in [1.82, 2.24) is 5.32 Å². The Morgan fingerprint density at radius 1 is 1.38 bits per heavy atom. The van der Waals surface area contributed by atoms with Crippen LogP contribution in [0.25, 0.3) is 0 Å². The fraction of sp³-hybridized carbons (Fsp3) is 0.500. The Bertz CT molecular complexity index is 616. The van der Waals surface area contributed by atoms with Gasteiger partial charge >= 0.3 is 0 Å². The van der Waals surface area contributed by atoms with Gasteiger partial charge in [0, 0.05) is 10.8 Å². The third kappa shape index (κ3) is 5.20. The molecule has 1 aromatic rings. The van der Waals surface area contributed by atoms with E-state index in [2.05, 4.69) is 5.32 Å². The van der Waals surface area contributed by atoms with E-state index in [1.54, 1.807) is 6.92 Å². The third-order valence-electron chi connectivity index (χ3n) is 3.36. The van der Waals surface area contributed by atoms with E-state index >= 15 is 0 Å². The largest absolute Gasteiger partial charge is 0.349 e. The first-order valence-corrected chi connectivity index (χ1v) is 9.97. The maximum absolute atomic E-state index is 11.9. The number of sulfone groups is 1. The van der Waals surface area contributed by atoms with Crippen LogP contribution in [0.1, 0.15) is 18.9 Å². The maximum Gasteiger partial charge on any atom is 0.230 e. The highest BCUT2D eigenvalue weighted by atomic mass is 35.5. The van der Waals surface area contributed by atoms with Crippen LogP contribution in [-0.4, -0.2) is 37.1 Å². The molecule has 0 aliphatic carbocycles. The van der Waals surface area contributed by atoms with Gasteiger partial charge in [-0.05, 0) is 31.0 Å². The molecule has 1 unspecified atom stereocenters. The smallest absolute Gasteiger partial charge is 0.230 e. The van der Waals surface area contributed by atoms with Crippen LogP contribution in [0.5, 0.6) is 0 Å². The van der Waals surface area contributed by atoms with E-state index in [1.165, 1.54) is 11.8 Å². The quantitative estimate of drug-likeness (QED) is 0.887. The lowest BCUT2D eigenvalue weighted by molar-refractivity contribution is -0.120. The summed E-state index contributed by atoms with van der Waals surface area (Å²) in [6.45, 7) is 1.79. The molecule has 1 heterocycles. The molecule has 2 rings (SSSR count). The highest BCUT2D eigenvalue weighted by Gasteiger charge is 2.39. The van der Waals surface area contributed by atoms with E-state index in [9.17, 15) is 13.2 Å². The summed E-state index contributed by atoms with van der Waals surface area (Å²) < 4.78 is 23.0. The topological polar surface area (TPSA) is 63.2 Å². The molecule has 1 saturated heterocycles. The Balaban J connectivity index is 1.76. The number of carbonyl (C=O) groups is 1. The van der Waals surface area contributed by atoms with Crippen molar-refractivity contribution in [2.24, 2.45) is 0 Å². The zero-order valence-corrected chi connectivity index (χ0v) is 14.2. The van der Waals surface area contributed by atoms with Crippen LogP contribution in [0.4, 0.5) is 0 Å². The number of halogens is 1. The fourth-order valence-corrected chi connectivity index (χ4v) is 5.33. The van der Waals surface area contributed by atoms with Crippen molar-refractivity contribution < 1.29 is 13.2 Å². The average molecular weight is 348 g/mol. The van der Waals surface area contributed by atoms with Crippen molar-refractivity contribution in [1.29, 1.82) is 0 Å². The van der Waals surface area contributed by atoms with Crippen molar-refractivity contribution >= 4 is 39.1 Å². The van der Waals surface area contributed by atoms with E-state index in [0.29, 0.717) is 17.2 Å². The van der Waals surface area contributed by atoms with Crippen molar-refractivity contribution in [3.8, 4) is 0 Å². The molecule has 1 fully saturated rings. The molecule has 0 aromatic heterocycles. The second-order valence-electron chi connectivity index (χ2n) is 5.57. The summed E-state index contributed by atoms with van der Waals surface area (Å²) in [6, 6.07) is 7.50. The molecule has 4 nitrogen and oxygen atoms in total. The summed E-state index contributed by atoms with van der Waals surface area (Å²) in [5.41, 5.74) is 0.489. The van der Waals surface area contributed by atoms with Crippen LogP contribution < -0.4 is 5.32 Å². The molecule has 1 aromatic carbocycles. The second-order valence-corrected chi connectivity index (χ2v) is 9.18. The number of hydrogen-bond acceptors (Lipinski definition) is 4. The molecule has 1 aliphatic heterocycles. The number of carbonyl (C=O) groups excluding carboxylic acids is 1. The molecule has 0 bridgehead atoms. The molecule has 1 amide bonds. The summed E-state index contributed by atoms with van der Waals surface area (Å²) in [4.78, 5) is 11.9. The minimum Gasteiger partial charge on any atom is -0.349 e. The number of rotatable bonds is 5. The third-order valence-corrected chi connectivity index (χ3v) is 6.52. The van der Waals surface area contributed by atoms with Gasteiger partial charge < -0.3 is 5.32 Å². The van der Waals surface area contributed by atoms with Gasteiger partial charge in [-0.3, -0.25) is 4.79 Å². The van der Waals surface area contributed by atoms with Gasteiger partial charge in [0.2, 0.25) is 5.91 Å². The molecule has 21 heavy (non-hydrogen) atoms. The molecule has 1 aliphatic rings. The predicted molar refractivity (Wildman–Crippen MR) is 87.4 cm³/mol. The lowest BCUT2D eigenvalue weighted by Crippen LogP contribution is -2.47. The number of hydrogen-bond donors (Lipinski definition) is 1. The summed E-state index contributed by atoms with van der Waals surface area (Å²) in [5.74, 6) is 1.11. The van der Waals surface area contributed by atoms with Crippen molar-refractivity contribution in [3.63, 3.8) is 0 Å². The van der Waals surface area contributed by atoms with E-state index in [0.717, 1.165) is 11.3 Å². The van der Waals surface area contributed by atoms with E-state index in [1.807, 2.05) is 24.3 Å². The first-order chi connectivity index (χ1) is 9.78. The minimum atomic E-state index is -3.00. The Labute approximate surface area is 134 Å². The van der Waals surface area contributed by atoms with Crippen LogP contribution in [0, 0.1) is 0 Å². The Morgan fingerprint density at radius 2 is 2.05 bits per heavy atom. The summed E-state index contributed by atoms with van der Waals surface area (Å²) >= 11 is 7.31. The van der Waals surface area contributed by atoms with Crippen LogP contribution in [0.3, 0.4) is 0 Å². The normalized spacial score (nSPS) is 23.9. The molecular weight excluding hydrogens is 330 g/mol. The number of benzene rings is 1. The number of thioether (sulfide) groups is 1. The van der Waals surface area contributed by atoms with Gasteiger partial charge in [0.05, 0.1) is 22.8 Å². The number of amides is 1. The van der Waals surface area contributed by atoms with E-state index < -0.39 is 15.4 Å². The van der Waals surface area contributed by atoms with Gasteiger partial charge in [-0.2, -0.15) is 0 Å². The Hall–Kier alpha value is -0.720. The van der Waals surface area contributed by atoms with Gasteiger partial charge in [0.15, 0.2) is 9.84 Å². The first-order valence-electron chi connectivity index (χ1n) is 6.62. The second kappa shape index (κ2) is 6.58. The van der Waals surface area contributed by atoms with Gasteiger partial charge in [-0.1, -0.05) is 23.7 Å². The van der Waals surface area contributed by atoms with Gasteiger partial charge in [0.1, 0.15) is 0 Å². The highest BCUT2D eigenvalue weighted by molar-refractivity contribution is 7.99. The first kappa shape index (κ1) is 16.6. The van der Waals surface area contributed by atoms with Crippen molar-refractivity contribution in [3.05, 3.63) is 34.9 Å². The van der Waals surface area contributed by atoms with Crippen LogP contribution in [0.2, 0.25) is 5.02 Å². The molecular formula is C14H18ClNO3S2. The van der Waals surface area contributed by atoms with Gasteiger partial charge in [-0.15, -0.1) is 11.8 Å². The lowest BCUT2D eigenvalue weighted by Gasteiger charge is -2.23. The van der Waals surface area contributed by atoms with Crippen LogP contribution in [0.15, 0.2) is 24.3 Å². The molecule has 0 spiro atoms. The molecule has 1 N–H and O–H groups in total. The number of nitrogens with one attached hydrogen (secondary N) is 1. The molecule has 7 heteroatoms. The maximum atomic E-state index is 11.9. The predicted octanol–water partition coefficient (Wildman–Crippen LogP) is 2.27. The zero-order chi connectivity index (χ0) is 15.5. The van der Waals surface area contributed by atoms with Gasteiger partial charge in [0.25, 0.3) is 0 Å². The molecule has 1 atom stereocenters. The lowest BCUT2D eigenvalue weighted by atomic mass is 10.0. The van der Waals surface area contributed by atoms with Crippen molar-refractivity contribution in [2.45, 2.75) is 24.6 Å². The van der Waals surface area contributed by atoms with Crippen LogP contribution in [-0.2, 0) is 20.4 Å². The van der Waals surface area contributed by atoms with E-state index in [-0.39, 0.29) is 17.4 Å². The zero-order valence-electron chi connectivity index (χ0n) is 11.8. The Morgan fingerprint density at radius 3 is 2.62 bits per heavy atom. The minimum absolute atomic E-state index is 0.0353. The standard InChI is InChI=1S/C14H18ClNO3S2/c1-14(6-7-21(18,19)10-14)16-13(17)9-20-8-11-2-4-12(15)5-3-11/h2-5H,6-10H2,1H3,(H,16,17). The monoisotopic (exact) mass is 347 g/mol. The van der Waals surface area contributed by atoms with Crippen molar-refractivity contribution in [2.75, 3.05) is 17.3 Å². The summed E-state index contributed by atoms with van der Waals surface area (Å²) in [6.07, 6.45) is 0.489. The average Bonchev–Trinajstić information content (AvgIpc) is 2.65. The summed E-state index contributed by atoms with van der Waals surface area (Å²) in [7, 11) is -3.00. The Kier molecular flexibility index (Phi) is 5.22. The van der Waals surface area contributed by atoms with E-state index in [4.69, 9.17) is 11.6 Å². The van der Waals surface area contributed by atoms with Gasteiger partial charge in [-0.25, -0.2) is 8.42 Å². The summed E-state index contributed by atoms with van der Waals surface area (Å²) in [5, 5.41) is 3.54. The van der Waals surface area contributed by atoms with Crippen LogP contribution >= 0.6 is 23.4 Å². The fourth-order valence-electron chi connectivity index (χ4n) is 2.32. The molecule has 0 saturated carbocycles. The molecule has 0 radical (unpaired) electrons. The highest BCUT2D eigenvalue weighted by Crippen LogP contribution is 2.23.